The van der Waals surface area contributed by atoms with Gasteiger partial charge in [-0.1, -0.05) is 18.2 Å². The number of carbonyl (C=O) groups is 1. The lowest BCUT2D eigenvalue weighted by Crippen LogP contribution is -2.25. The maximum absolute atomic E-state index is 11.9. The van der Waals surface area contributed by atoms with Gasteiger partial charge < -0.3 is 10.1 Å². The summed E-state index contributed by atoms with van der Waals surface area (Å²) in [7, 11) is 0. The third kappa shape index (κ3) is 4.91. The first-order chi connectivity index (χ1) is 10.7. The summed E-state index contributed by atoms with van der Waals surface area (Å²) in [5.74, 6) is 0.758. The summed E-state index contributed by atoms with van der Waals surface area (Å²) in [5, 5.41) is 7.12. The Kier molecular flexibility index (Phi) is 6.01. The van der Waals surface area contributed by atoms with E-state index in [2.05, 4.69) is 10.4 Å². The summed E-state index contributed by atoms with van der Waals surface area (Å²) in [6.45, 7) is 5.34. The number of para-hydroxylation sites is 1. The molecule has 2 rings (SSSR count). The molecule has 5 heteroatoms. The minimum absolute atomic E-state index is 0.122. The minimum Gasteiger partial charge on any atom is -0.494 e. The molecule has 1 aromatic heterocycles. The Morgan fingerprint density at radius 1 is 1.23 bits per heavy atom. The number of amides is 1. The third-order valence-electron chi connectivity index (χ3n) is 3.24. The zero-order valence-electron chi connectivity index (χ0n) is 13.2. The van der Waals surface area contributed by atoms with Crippen LogP contribution < -0.4 is 10.1 Å². The van der Waals surface area contributed by atoms with E-state index in [9.17, 15) is 4.79 Å². The molecule has 0 aliphatic carbocycles. The number of benzene rings is 1. The second-order valence-corrected chi connectivity index (χ2v) is 5.40. The Hall–Kier alpha value is -2.30. The van der Waals surface area contributed by atoms with Crippen LogP contribution in [-0.2, 0) is 0 Å². The molecular weight excluding hydrogens is 278 g/mol. The molecule has 1 amide bonds. The van der Waals surface area contributed by atoms with Crippen LogP contribution in [0.3, 0.4) is 0 Å². The van der Waals surface area contributed by atoms with Crippen LogP contribution in [0, 0.1) is 0 Å². The average molecular weight is 301 g/mol. The summed E-state index contributed by atoms with van der Waals surface area (Å²) >= 11 is 0. The van der Waals surface area contributed by atoms with Gasteiger partial charge in [-0.3, -0.25) is 9.48 Å². The molecule has 0 unspecified atom stereocenters. The van der Waals surface area contributed by atoms with Crippen molar-refractivity contribution in [2.24, 2.45) is 0 Å². The smallest absolute Gasteiger partial charge is 0.271 e. The number of rotatable bonds is 8. The van der Waals surface area contributed by atoms with Crippen molar-refractivity contribution in [3.63, 3.8) is 0 Å². The first kappa shape index (κ1) is 16.1. The number of carbonyl (C=O) groups excluding carboxylic acids is 1. The lowest BCUT2D eigenvalue weighted by Gasteiger charge is -2.06. The van der Waals surface area contributed by atoms with E-state index in [-0.39, 0.29) is 11.9 Å². The zero-order chi connectivity index (χ0) is 15.8. The quantitative estimate of drug-likeness (QED) is 0.762. The number of nitrogens with zero attached hydrogens (tertiary/aromatic N) is 2. The largest absolute Gasteiger partial charge is 0.494 e. The SMILES string of the molecule is CC(C)n1ccc(C(=O)NCCCCOc2ccccc2)n1. The predicted molar refractivity (Wildman–Crippen MR) is 86.1 cm³/mol. The van der Waals surface area contributed by atoms with Gasteiger partial charge in [0, 0.05) is 18.8 Å². The fourth-order valence-corrected chi connectivity index (χ4v) is 1.97. The van der Waals surface area contributed by atoms with Gasteiger partial charge in [-0.15, -0.1) is 0 Å². The summed E-state index contributed by atoms with van der Waals surface area (Å²) in [4.78, 5) is 11.9. The molecule has 0 aliphatic heterocycles. The highest BCUT2D eigenvalue weighted by Gasteiger charge is 2.09. The number of nitrogens with one attached hydrogen (secondary N) is 1. The molecule has 0 bridgehead atoms. The summed E-state index contributed by atoms with van der Waals surface area (Å²) in [5.41, 5.74) is 0.467. The Bertz CT molecular complexity index is 579. The van der Waals surface area contributed by atoms with Crippen molar-refractivity contribution in [1.82, 2.24) is 15.1 Å². The fraction of sp³-hybridized carbons (Fsp3) is 0.412. The molecule has 0 radical (unpaired) electrons. The maximum atomic E-state index is 11.9. The van der Waals surface area contributed by atoms with Crippen LogP contribution >= 0.6 is 0 Å². The predicted octanol–water partition coefficient (Wildman–Crippen LogP) is 3.05. The maximum Gasteiger partial charge on any atom is 0.271 e. The van der Waals surface area contributed by atoms with Crippen LogP contribution in [0.1, 0.15) is 43.2 Å². The number of ether oxygens (including phenoxy) is 1. The zero-order valence-corrected chi connectivity index (χ0v) is 13.2. The standard InChI is InChI=1S/C17H23N3O2/c1-14(2)20-12-10-16(19-20)17(21)18-11-6-7-13-22-15-8-4-3-5-9-15/h3-5,8-10,12,14H,6-7,11,13H2,1-2H3,(H,18,21). The van der Waals surface area contributed by atoms with Gasteiger partial charge in [0.25, 0.3) is 5.91 Å². The highest BCUT2D eigenvalue weighted by Crippen LogP contribution is 2.08. The van der Waals surface area contributed by atoms with Gasteiger partial charge in [0.15, 0.2) is 0 Å². The van der Waals surface area contributed by atoms with Crippen molar-refractivity contribution >= 4 is 5.91 Å². The van der Waals surface area contributed by atoms with E-state index < -0.39 is 0 Å². The first-order valence-corrected chi connectivity index (χ1v) is 7.68. The van der Waals surface area contributed by atoms with Crippen LogP contribution in [0.5, 0.6) is 5.75 Å². The lowest BCUT2D eigenvalue weighted by atomic mass is 10.3. The highest BCUT2D eigenvalue weighted by atomic mass is 16.5. The Labute approximate surface area is 131 Å². The monoisotopic (exact) mass is 301 g/mol. The van der Waals surface area contributed by atoms with Crippen molar-refractivity contribution in [1.29, 1.82) is 0 Å². The van der Waals surface area contributed by atoms with E-state index in [0.29, 0.717) is 18.8 Å². The van der Waals surface area contributed by atoms with Crippen LogP contribution in [-0.4, -0.2) is 28.8 Å². The number of aromatic nitrogens is 2. The third-order valence-corrected chi connectivity index (χ3v) is 3.24. The molecule has 2 aromatic rings. The number of hydrogen-bond acceptors (Lipinski definition) is 3. The molecule has 0 fully saturated rings. The molecule has 1 heterocycles. The average Bonchev–Trinajstić information content (AvgIpc) is 3.02. The molecule has 0 saturated heterocycles. The molecule has 22 heavy (non-hydrogen) atoms. The van der Waals surface area contributed by atoms with Gasteiger partial charge in [-0.2, -0.15) is 5.10 Å². The fourth-order valence-electron chi connectivity index (χ4n) is 1.97. The Morgan fingerprint density at radius 2 is 2.00 bits per heavy atom. The van der Waals surface area contributed by atoms with E-state index in [0.717, 1.165) is 18.6 Å². The Morgan fingerprint density at radius 3 is 2.68 bits per heavy atom. The molecule has 5 nitrogen and oxygen atoms in total. The number of hydrogen-bond donors (Lipinski definition) is 1. The highest BCUT2D eigenvalue weighted by molar-refractivity contribution is 5.92. The molecular formula is C17H23N3O2. The van der Waals surface area contributed by atoms with E-state index in [4.69, 9.17) is 4.74 Å². The number of unbranched alkanes of at least 4 members (excludes halogenated alkanes) is 1. The topological polar surface area (TPSA) is 56.2 Å². The van der Waals surface area contributed by atoms with Crippen molar-refractivity contribution in [2.75, 3.05) is 13.2 Å². The summed E-state index contributed by atoms with van der Waals surface area (Å²) < 4.78 is 7.38. The van der Waals surface area contributed by atoms with E-state index in [1.807, 2.05) is 50.4 Å². The second kappa shape index (κ2) is 8.22. The Balaban J connectivity index is 1.61. The van der Waals surface area contributed by atoms with E-state index >= 15 is 0 Å². The first-order valence-electron chi connectivity index (χ1n) is 7.68. The second-order valence-electron chi connectivity index (χ2n) is 5.40. The molecule has 0 spiro atoms. The van der Waals surface area contributed by atoms with Crippen molar-refractivity contribution < 1.29 is 9.53 Å². The molecule has 118 valence electrons. The van der Waals surface area contributed by atoms with Crippen LogP contribution in [0.25, 0.3) is 0 Å². The van der Waals surface area contributed by atoms with Crippen molar-refractivity contribution in [3.8, 4) is 5.75 Å². The lowest BCUT2D eigenvalue weighted by molar-refractivity contribution is 0.0946. The molecule has 1 N–H and O–H groups in total. The van der Waals surface area contributed by atoms with Crippen LogP contribution in [0.2, 0.25) is 0 Å². The normalized spacial score (nSPS) is 10.7. The van der Waals surface area contributed by atoms with Crippen LogP contribution in [0.4, 0.5) is 0 Å². The van der Waals surface area contributed by atoms with Crippen molar-refractivity contribution in [2.45, 2.75) is 32.7 Å². The molecule has 0 aliphatic rings. The van der Waals surface area contributed by atoms with Gasteiger partial charge >= 0.3 is 0 Å². The van der Waals surface area contributed by atoms with Gasteiger partial charge in [-0.25, -0.2) is 0 Å². The summed E-state index contributed by atoms with van der Waals surface area (Å²) in [6.07, 6.45) is 3.60. The summed E-state index contributed by atoms with van der Waals surface area (Å²) in [6, 6.07) is 11.7. The van der Waals surface area contributed by atoms with Gasteiger partial charge in [-0.05, 0) is 44.9 Å². The molecule has 0 atom stereocenters. The van der Waals surface area contributed by atoms with E-state index in [1.54, 1.807) is 10.7 Å². The molecule has 1 aromatic carbocycles. The van der Waals surface area contributed by atoms with Gasteiger partial charge in [0.1, 0.15) is 11.4 Å². The van der Waals surface area contributed by atoms with Gasteiger partial charge in [0.2, 0.25) is 0 Å². The van der Waals surface area contributed by atoms with E-state index in [1.165, 1.54) is 0 Å². The molecule has 0 saturated carbocycles. The van der Waals surface area contributed by atoms with Crippen molar-refractivity contribution in [3.05, 3.63) is 48.3 Å². The van der Waals surface area contributed by atoms with Gasteiger partial charge in [0.05, 0.1) is 6.61 Å². The minimum atomic E-state index is -0.122. The van der Waals surface area contributed by atoms with Crippen LogP contribution in [0.15, 0.2) is 42.6 Å².